The average Bonchev–Trinajstić information content (AvgIpc) is 2.79. The molecular formula is C24H26N6OS. The molecule has 4 N–H and O–H groups in total. The Kier molecular flexibility index (Phi) is 7.37. The molecule has 1 heterocycles. The van der Waals surface area contributed by atoms with Crippen molar-refractivity contribution in [2.45, 2.75) is 19.8 Å². The van der Waals surface area contributed by atoms with Crippen molar-refractivity contribution in [1.82, 2.24) is 14.9 Å². The normalized spacial score (nSPS) is 10.6. The summed E-state index contributed by atoms with van der Waals surface area (Å²) in [7, 11) is 3.45. The lowest BCUT2D eigenvalue weighted by molar-refractivity contribution is 0.0827. The highest BCUT2D eigenvalue weighted by Crippen LogP contribution is 2.27. The molecule has 0 atom stereocenters. The number of carbonyl (C=O) groups is 1. The van der Waals surface area contributed by atoms with E-state index in [0.717, 1.165) is 41.3 Å². The first-order chi connectivity index (χ1) is 15.3. The zero-order valence-electron chi connectivity index (χ0n) is 18.3. The van der Waals surface area contributed by atoms with Gasteiger partial charge in [0.05, 0.1) is 11.9 Å². The number of amides is 1. The maximum atomic E-state index is 12.4. The zero-order valence-corrected chi connectivity index (χ0v) is 19.2. The third-order valence-electron chi connectivity index (χ3n) is 4.81. The summed E-state index contributed by atoms with van der Waals surface area (Å²) >= 11 is 0.982. The van der Waals surface area contributed by atoms with Gasteiger partial charge in [-0.15, -0.1) is 0 Å². The largest absolute Gasteiger partial charge is 0.382 e. The van der Waals surface area contributed by atoms with E-state index in [9.17, 15) is 4.79 Å². The maximum Gasteiger partial charge on any atom is 0.253 e. The van der Waals surface area contributed by atoms with Crippen molar-refractivity contribution in [3.05, 3.63) is 77.1 Å². The Morgan fingerprint density at radius 3 is 2.44 bits per heavy atom. The molecule has 0 aliphatic heterocycles. The Morgan fingerprint density at radius 2 is 1.78 bits per heavy atom. The Bertz CT molecular complexity index is 1160. The summed E-state index contributed by atoms with van der Waals surface area (Å²) in [6.07, 6.45) is 3.26. The predicted octanol–water partition coefficient (Wildman–Crippen LogP) is 4.46. The molecule has 164 valence electrons. The molecule has 1 aromatic heterocycles. The third-order valence-corrected chi connectivity index (χ3v) is 5.65. The minimum absolute atomic E-state index is 0.0575. The lowest BCUT2D eigenvalue weighted by Crippen LogP contribution is -2.21. The Hall–Kier alpha value is -3.52. The molecule has 1 amide bonds. The molecule has 0 aliphatic carbocycles. The SMILES string of the molecule is CCCc1cc(C(=O)N(C)C)ccc1-c1cnc(N)c(C(=N)SC(=N)c2ccccc2)n1. The topological polar surface area (TPSA) is 120 Å². The number of nitrogens with zero attached hydrogens (tertiary/aromatic N) is 3. The quantitative estimate of drug-likeness (QED) is 0.381. The number of carbonyl (C=O) groups excluding carboxylic acids is 1. The first kappa shape index (κ1) is 23.1. The van der Waals surface area contributed by atoms with Gasteiger partial charge in [0, 0.05) is 30.8 Å². The monoisotopic (exact) mass is 446 g/mol. The van der Waals surface area contributed by atoms with Crippen LogP contribution in [0.5, 0.6) is 0 Å². The summed E-state index contributed by atoms with van der Waals surface area (Å²) < 4.78 is 0. The van der Waals surface area contributed by atoms with Crippen molar-refractivity contribution in [3.63, 3.8) is 0 Å². The molecule has 8 heteroatoms. The number of hydrogen-bond acceptors (Lipinski definition) is 7. The molecule has 32 heavy (non-hydrogen) atoms. The number of aryl methyl sites for hydroxylation is 1. The summed E-state index contributed by atoms with van der Waals surface area (Å²) in [6, 6.07) is 14.8. The van der Waals surface area contributed by atoms with E-state index in [2.05, 4.69) is 16.9 Å². The number of anilines is 1. The van der Waals surface area contributed by atoms with Gasteiger partial charge in [-0.2, -0.15) is 0 Å². The number of thioether (sulfide) groups is 1. The van der Waals surface area contributed by atoms with E-state index >= 15 is 0 Å². The van der Waals surface area contributed by atoms with Crippen molar-refractivity contribution in [1.29, 1.82) is 10.8 Å². The lowest BCUT2D eigenvalue weighted by atomic mass is 9.97. The minimum Gasteiger partial charge on any atom is -0.382 e. The Balaban J connectivity index is 1.95. The molecule has 0 unspecified atom stereocenters. The molecule has 0 saturated carbocycles. The van der Waals surface area contributed by atoms with E-state index in [0.29, 0.717) is 11.3 Å². The lowest BCUT2D eigenvalue weighted by Gasteiger charge is -2.15. The molecule has 0 aliphatic rings. The minimum atomic E-state index is -0.0596. The first-order valence-corrected chi connectivity index (χ1v) is 11.0. The van der Waals surface area contributed by atoms with E-state index in [-0.39, 0.29) is 27.5 Å². The van der Waals surface area contributed by atoms with Gasteiger partial charge in [0.2, 0.25) is 0 Å². The predicted molar refractivity (Wildman–Crippen MR) is 132 cm³/mol. The second kappa shape index (κ2) is 10.2. The van der Waals surface area contributed by atoms with Crippen LogP contribution in [0.15, 0.2) is 54.7 Å². The van der Waals surface area contributed by atoms with Crippen LogP contribution in [0.25, 0.3) is 11.3 Å². The van der Waals surface area contributed by atoms with E-state index < -0.39 is 0 Å². The van der Waals surface area contributed by atoms with Crippen LogP contribution in [-0.2, 0) is 6.42 Å². The van der Waals surface area contributed by atoms with Crippen molar-refractivity contribution >= 4 is 33.6 Å². The molecule has 3 rings (SSSR count). The van der Waals surface area contributed by atoms with Gasteiger partial charge in [-0.05, 0) is 35.9 Å². The van der Waals surface area contributed by atoms with Crippen molar-refractivity contribution < 1.29 is 4.79 Å². The van der Waals surface area contributed by atoms with Crippen molar-refractivity contribution in [2.75, 3.05) is 19.8 Å². The number of nitrogens with one attached hydrogen (secondary N) is 2. The highest BCUT2D eigenvalue weighted by atomic mass is 32.2. The van der Waals surface area contributed by atoms with Gasteiger partial charge in [-0.1, -0.05) is 49.7 Å². The van der Waals surface area contributed by atoms with Crippen LogP contribution in [0.1, 0.15) is 40.5 Å². The van der Waals surface area contributed by atoms with Crippen LogP contribution in [0.3, 0.4) is 0 Å². The van der Waals surface area contributed by atoms with Crippen LogP contribution in [0.2, 0.25) is 0 Å². The number of hydrogen-bond donors (Lipinski definition) is 3. The Labute approximate surface area is 192 Å². The highest BCUT2D eigenvalue weighted by molar-refractivity contribution is 8.27. The van der Waals surface area contributed by atoms with Crippen molar-refractivity contribution in [3.8, 4) is 11.3 Å². The van der Waals surface area contributed by atoms with Gasteiger partial charge in [0.15, 0.2) is 5.82 Å². The van der Waals surface area contributed by atoms with Gasteiger partial charge in [-0.25, -0.2) is 9.97 Å². The van der Waals surface area contributed by atoms with Gasteiger partial charge < -0.3 is 10.6 Å². The van der Waals surface area contributed by atoms with Gasteiger partial charge in [-0.3, -0.25) is 15.6 Å². The number of benzene rings is 2. The molecule has 0 fully saturated rings. The standard InChI is InChI=1S/C24H26N6OS/c1-4-8-16-13-17(24(31)30(2)3)11-12-18(16)19-14-28-21(25)20(29-19)23(27)32-22(26)15-9-6-5-7-10-15/h5-7,9-14,26-27H,4,8H2,1-3H3,(H2,25,28). The summed E-state index contributed by atoms with van der Waals surface area (Å²) in [5.74, 6) is 0.0825. The molecule has 0 saturated heterocycles. The van der Waals surface area contributed by atoms with Crippen molar-refractivity contribution in [2.24, 2.45) is 0 Å². The molecule has 2 aromatic carbocycles. The number of aromatic nitrogens is 2. The van der Waals surface area contributed by atoms with Gasteiger partial charge in [0.25, 0.3) is 5.91 Å². The second-order valence-electron chi connectivity index (χ2n) is 7.44. The fraction of sp³-hybridized carbons (Fsp3) is 0.208. The van der Waals surface area contributed by atoms with Crippen LogP contribution in [0.4, 0.5) is 5.82 Å². The van der Waals surface area contributed by atoms with Crippen LogP contribution < -0.4 is 5.73 Å². The fourth-order valence-electron chi connectivity index (χ4n) is 3.21. The number of rotatable bonds is 6. The summed E-state index contributed by atoms with van der Waals surface area (Å²) in [5.41, 5.74) is 10.0. The van der Waals surface area contributed by atoms with E-state index in [1.54, 1.807) is 31.3 Å². The van der Waals surface area contributed by atoms with Gasteiger partial charge >= 0.3 is 0 Å². The van der Waals surface area contributed by atoms with E-state index in [1.807, 2.05) is 42.5 Å². The average molecular weight is 447 g/mol. The van der Waals surface area contributed by atoms with Crippen LogP contribution in [-0.4, -0.2) is 45.0 Å². The maximum absolute atomic E-state index is 12.4. The molecule has 7 nitrogen and oxygen atoms in total. The second-order valence-corrected chi connectivity index (χ2v) is 8.46. The molecular weight excluding hydrogens is 420 g/mol. The fourth-order valence-corrected chi connectivity index (χ4v) is 3.91. The number of nitrogen functional groups attached to an aromatic ring is 1. The summed E-state index contributed by atoms with van der Waals surface area (Å²) in [6.45, 7) is 2.08. The zero-order chi connectivity index (χ0) is 23.3. The first-order valence-electron chi connectivity index (χ1n) is 10.2. The molecule has 0 spiro atoms. The van der Waals surface area contributed by atoms with Crippen LogP contribution >= 0.6 is 11.8 Å². The molecule has 0 bridgehead atoms. The van der Waals surface area contributed by atoms with Gasteiger partial charge in [0.1, 0.15) is 15.8 Å². The summed E-state index contributed by atoms with van der Waals surface area (Å²) in [4.78, 5) is 22.8. The Morgan fingerprint density at radius 1 is 1.06 bits per heavy atom. The van der Waals surface area contributed by atoms with E-state index in [4.69, 9.17) is 16.6 Å². The third kappa shape index (κ3) is 5.20. The highest BCUT2D eigenvalue weighted by Gasteiger charge is 2.18. The van der Waals surface area contributed by atoms with E-state index in [1.165, 1.54) is 0 Å². The summed E-state index contributed by atoms with van der Waals surface area (Å²) in [5, 5.41) is 17.0. The molecule has 3 aromatic rings. The molecule has 0 radical (unpaired) electrons. The number of nitrogens with two attached hydrogens (primary N) is 1. The smallest absolute Gasteiger partial charge is 0.253 e. The van der Waals surface area contributed by atoms with Crippen LogP contribution in [0, 0.1) is 10.8 Å².